The van der Waals surface area contributed by atoms with Crippen molar-refractivity contribution in [1.82, 2.24) is 0 Å². The van der Waals surface area contributed by atoms with E-state index < -0.39 is 11.8 Å². The molecular weight excluding hydrogens is 449 g/mol. The van der Waals surface area contributed by atoms with Crippen molar-refractivity contribution in [3.63, 3.8) is 0 Å². The van der Waals surface area contributed by atoms with Crippen LogP contribution in [0.5, 0.6) is 0 Å². The Bertz CT molecular complexity index is 1290. The van der Waals surface area contributed by atoms with Gasteiger partial charge in [0.2, 0.25) is 0 Å². The number of carbonyl (C=O) groups is 3. The first-order valence-electron chi connectivity index (χ1n) is 9.63. The van der Waals surface area contributed by atoms with Crippen molar-refractivity contribution in [3.05, 3.63) is 99.7 Å². The summed E-state index contributed by atoms with van der Waals surface area (Å²) in [6.07, 6.45) is 0. The van der Waals surface area contributed by atoms with E-state index in [0.717, 1.165) is 10.5 Å². The number of benzene rings is 3. The molecule has 0 aromatic heterocycles. The highest BCUT2D eigenvalue weighted by molar-refractivity contribution is 6.53. The van der Waals surface area contributed by atoms with E-state index in [9.17, 15) is 14.4 Å². The van der Waals surface area contributed by atoms with Gasteiger partial charge < -0.3 is 10.6 Å². The quantitative estimate of drug-likeness (QED) is 0.498. The monoisotopic (exact) mass is 465 g/mol. The van der Waals surface area contributed by atoms with Crippen LogP contribution in [0.2, 0.25) is 5.02 Å². The Balaban J connectivity index is 1.55. The lowest BCUT2D eigenvalue weighted by Gasteiger charge is -2.15. The summed E-state index contributed by atoms with van der Waals surface area (Å²) in [4.78, 5) is 39.2. The number of nitrogens with zero attached hydrogens (tertiary/aromatic N) is 1. The Kier molecular flexibility index (Phi) is 5.99. The Morgan fingerprint density at radius 2 is 1.62 bits per heavy atom. The zero-order valence-corrected chi connectivity index (χ0v) is 18.4. The fourth-order valence-electron chi connectivity index (χ4n) is 3.25. The number of nitrogens with one attached hydrogen (secondary N) is 2. The van der Waals surface area contributed by atoms with Crippen LogP contribution in [0.3, 0.4) is 0 Å². The molecule has 1 heterocycles. The minimum Gasteiger partial charge on any atom is -0.350 e. The molecular formula is C24H17Cl2N3O3. The number of halogens is 2. The molecule has 0 fully saturated rings. The van der Waals surface area contributed by atoms with Gasteiger partial charge in [-0.3, -0.25) is 14.4 Å². The predicted molar refractivity (Wildman–Crippen MR) is 126 cm³/mol. The Labute approximate surface area is 194 Å². The lowest BCUT2D eigenvalue weighted by Crippen LogP contribution is -2.32. The number of amides is 3. The molecule has 32 heavy (non-hydrogen) atoms. The van der Waals surface area contributed by atoms with Crippen molar-refractivity contribution in [2.24, 2.45) is 0 Å². The number of rotatable bonds is 5. The molecule has 1 aliphatic rings. The van der Waals surface area contributed by atoms with E-state index in [-0.39, 0.29) is 16.6 Å². The van der Waals surface area contributed by atoms with Crippen LogP contribution in [-0.2, 0) is 9.59 Å². The molecule has 3 amide bonds. The number of hydrogen-bond acceptors (Lipinski definition) is 4. The van der Waals surface area contributed by atoms with Crippen molar-refractivity contribution >= 4 is 58.0 Å². The standard InChI is InChI=1S/C24H17Cl2N3O3/c1-14-6-2-3-11-19(14)28-22(30)15-7-4-9-17(12-15)27-21-20(26)23(31)29(24(21)32)18-10-5-8-16(25)13-18/h2-13,27H,1H3,(H,28,30). The molecule has 0 radical (unpaired) electrons. The Hall–Kier alpha value is -3.61. The smallest absolute Gasteiger partial charge is 0.283 e. The number of aryl methyl sites for hydroxylation is 1. The molecule has 160 valence electrons. The predicted octanol–water partition coefficient (Wildman–Crippen LogP) is 5.34. The lowest BCUT2D eigenvalue weighted by atomic mass is 10.1. The van der Waals surface area contributed by atoms with Crippen LogP contribution in [-0.4, -0.2) is 17.7 Å². The molecule has 8 heteroatoms. The maximum absolute atomic E-state index is 12.9. The van der Waals surface area contributed by atoms with Gasteiger partial charge in [-0.15, -0.1) is 0 Å². The van der Waals surface area contributed by atoms with Crippen LogP contribution in [0.4, 0.5) is 17.1 Å². The van der Waals surface area contributed by atoms with Gasteiger partial charge in [-0.25, -0.2) is 4.90 Å². The third-order valence-corrected chi connectivity index (χ3v) is 5.47. The van der Waals surface area contributed by atoms with Gasteiger partial charge in [0, 0.05) is 22.0 Å². The Morgan fingerprint density at radius 1 is 0.875 bits per heavy atom. The first-order chi connectivity index (χ1) is 15.3. The summed E-state index contributed by atoms with van der Waals surface area (Å²) in [5.41, 5.74) is 2.68. The van der Waals surface area contributed by atoms with Gasteiger partial charge in [0.05, 0.1) is 5.69 Å². The largest absolute Gasteiger partial charge is 0.350 e. The minimum atomic E-state index is -0.658. The zero-order valence-electron chi connectivity index (χ0n) is 16.9. The molecule has 0 atom stereocenters. The summed E-state index contributed by atoms with van der Waals surface area (Å²) >= 11 is 12.2. The fraction of sp³-hybridized carbons (Fsp3) is 0.0417. The van der Waals surface area contributed by atoms with E-state index >= 15 is 0 Å². The molecule has 2 N–H and O–H groups in total. The van der Waals surface area contributed by atoms with E-state index in [0.29, 0.717) is 27.6 Å². The Morgan fingerprint density at radius 3 is 2.38 bits per heavy atom. The molecule has 1 aliphatic heterocycles. The summed E-state index contributed by atoms with van der Waals surface area (Å²) in [7, 11) is 0. The molecule has 0 bridgehead atoms. The van der Waals surface area contributed by atoms with E-state index in [1.165, 1.54) is 6.07 Å². The summed E-state index contributed by atoms with van der Waals surface area (Å²) in [6, 6.07) is 20.4. The number of imide groups is 1. The summed E-state index contributed by atoms with van der Waals surface area (Å²) < 4.78 is 0. The number of para-hydroxylation sites is 1. The molecule has 0 aliphatic carbocycles. The highest BCUT2D eigenvalue weighted by atomic mass is 35.5. The zero-order chi connectivity index (χ0) is 22.8. The first kappa shape index (κ1) is 21.6. The van der Waals surface area contributed by atoms with Crippen LogP contribution < -0.4 is 15.5 Å². The maximum atomic E-state index is 12.9. The van der Waals surface area contributed by atoms with Gasteiger partial charge in [-0.05, 0) is 55.0 Å². The highest BCUT2D eigenvalue weighted by Crippen LogP contribution is 2.31. The third-order valence-electron chi connectivity index (χ3n) is 4.88. The van der Waals surface area contributed by atoms with Crippen LogP contribution in [0, 0.1) is 6.92 Å². The normalized spacial score (nSPS) is 13.5. The van der Waals surface area contributed by atoms with Gasteiger partial charge in [0.1, 0.15) is 10.7 Å². The van der Waals surface area contributed by atoms with Crippen LogP contribution in [0.25, 0.3) is 0 Å². The second kappa shape index (κ2) is 8.86. The summed E-state index contributed by atoms with van der Waals surface area (Å²) in [5.74, 6) is -1.58. The molecule has 0 saturated carbocycles. The van der Waals surface area contributed by atoms with Crippen LogP contribution >= 0.6 is 23.2 Å². The van der Waals surface area contributed by atoms with Gasteiger partial charge in [-0.2, -0.15) is 0 Å². The number of carbonyl (C=O) groups excluding carboxylic acids is 3. The molecule has 3 aromatic rings. The van der Waals surface area contributed by atoms with Gasteiger partial charge in [0.25, 0.3) is 17.7 Å². The van der Waals surface area contributed by atoms with Crippen molar-refractivity contribution in [2.75, 3.05) is 15.5 Å². The SMILES string of the molecule is Cc1ccccc1NC(=O)c1cccc(NC2=C(Cl)C(=O)N(c3cccc(Cl)c3)C2=O)c1. The average Bonchev–Trinajstić information content (AvgIpc) is 2.98. The van der Waals surface area contributed by atoms with Crippen molar-refractivity contribution < 1.29 is 14.4 Å². The fourth-order valence-corrected chi connectivity index (χ4v) is 3.65. The summed E-state index contributed by atoms with van der Waals surface area (Å²) in [5, 5.41) is 5.87. The van der Waals surface area contributed by atoms with Gasteiger partial charge in [-0.1, -0.05) is 53.5 Å². The van der Waals surface area contributed by atoms with E-state index in [4.69, 9.17) is 23.2 Å². The molecule has 6 nitrogen and oxygen atoms in total. The van der Waals surface area contributed by atoms with Gasteiger partial charge >= 0.3 is 0 Å². The van der Waals surface area contributed by atoms with Crippen LogP contribution in [0.15, 0.2) is 83.5 Å². The molecule has 4 rings (SSSR count). The molecule has 3 aromatic carbocycles. The van der Waals surface area contributed by atoms with Crippen LogP contribution in [0.1, 0.15) is 15.9 Å². The third kappa shape index (κ3) is 4.23. The average molecular weight is 466 g/mol. The van der Waals surface area contributed by atoms with E-state index in [2.05, 4.69) is 10.6 Å². The molecule has 0 spiro atoms. The number of anilines is 3. The topological polar surface area (TPSA) is 78.5 Å². The van der Waals surface area contributed by atoms with Gasteiger partial charge in [0.15, 0.2) is 0 Å². The molecule has 0 unspecified atom stereocenters. The first-order valence-corrected chi connectivity index (χ1v) is 10.4. The maximum Gasteiger partial charge on any atom is 0.283 e. The lowest BCUT2D eigenvalue weighted by molar-refractivity contribution is -0.120. The highest BCUT2D eigenvalue weighted by Gasteiger charge is 2.39. The van der Waals surface area contributed by atoms with Crippen molar-refractivity contribution in [3.8, 4) is 0 Å². The minimum absolute atomic E-state index is 0.0758. The van der Waals surface area contributed by atoms with E-state index in [1.54, 1.807) is 42.5 Å². The molecule has 0 saturated heterocycles. The van der Waals surface area contributed by atoms with Crippen molar-refractivity contribution in [2.45, 2.75) is 6.92 Å². The summed E-state index contributed by atoms with van der Waals surface area (Å²) in [6.45, 7) is 1.90. The second-order valence-corrected chi connectivity index (χ2v) is 7.90. The van der Waals surface area contributed by atoms with Crippen molar-refractivity contribution in [1.29, 1.82) is 0 Å². The van der Waals surface area contributed by atoms with E-state index in [1.807, 2.05) is 31.2 Å². The second-order valence-electron chi connectivity index (χ2n) is 7.09. The number of hydrogen-bond donors (Lipinski definition) is 2.